The van der Waals surface area contributed by atoms with Gasteiger partial charge in [-0.05, 0) is 13.3 Å². The summed E-state index contributed by atoms with van der Waals surface area (Å²) in [5.41, 5.74) is 0. The summed E-state index contributed by atoms with van der Waals surface area (Å²) in [5.74, 6) is -2.77. The molecular weight excluding hydrogens is 378 g/mol. The van der Waals surface area contributed by atoms with E-state index in [-0.39, 0.29) is 6.42 Å². The summed E-state index contributed by atoms with van der Waals surface area (Å²) in [5, 5.41) is 52.7. The van der Waals surface area contributed by atoms with Crippen LogP contribution in [0.1, 0.15) is 20.3 Å². The van der Waals surface area contributed by atoms with Crippen LogP contribution in [0.25, 0.3) is 0 Å². The fourth-order valence-corrected chi connectivity index (χ4v) is 3.94. The van der Waals surface area contributed by atoms with E-state index >= 15 is 0 Å². The van der Waals surface area contributed by atoms with Crippen molar-refractivity contribution in [2.75, 3.05) is 13.7 Å². The van der Waals surface area contributed by atoms with E-state index in [9.17, 15) is 35.1 Å². The molecule has 162 valence electrons. The molecule has 0 radical (unpaired) electrons. The van der Waals surface area contributed by atoms with E-state index in [1.165, 1.54) is 14.0 Å². The molecule has 2 rings (SSSR count). The zero-order valence-electron chi connectivity index (χ0n) is 16.0. The standard InChI is InChI=1S/C17H29NO10/c1-6-11(18-7(2)20)16(13(22)10(5-19)27-6)28-9-4-8(17(24)25)15(26-3)14(23)12(9)21/h6,8-16,19,21-23H,4-5H2,1-3H3,(H,18,20)(H,24,25)/t6-,8?,9+,10?,11?,12?,13+,14+,15+,16+/m0/s1. The first kappa shape index (κ1) is 22.9. The maximum Gasteiger partial charge on any atom is 0.309 e. The molecule has 1 amide bonds. The van der Waals surface area contributed by atoms with Crippen molar-refractivity contribution >= 4 is 11.9 Å². The molecule has 1 aliphatic heterocycles. The fourth-order valence-electron chi connectivity index (χ4n) is 3.94. The van der Waals surface area contributed by atoms with E-state index in [1.807, 2.05) is 0 Å². The molecule has 1 aliphatic carbocycles. The second-order valence-electron chi connectivity index (χ2n) is 7.28. The number of methoxy groups -OCH3 is 1. The van der Waals surface area contributed by atoms with Gasteiger partial charge in [0.2, 0.25) is 5.91 Å². The van der Waals surface area contributed by atoms with Gasteiger partial charge >= 0.3 is 5.97 Å². The number of nitrogens with one attached hydrogen (secondary N) is 1. The average molecular weight is 407 g/mol. The Morgan fingerprint density at radius 3 is 2.29 bits per heavy atom. The Hall–Kier alpha value is -1.34. The lowest BCUT2D eigenvalue weighted by Crippen LogP contribution is -2.66. The zero-order valence-corrected chi connectivity index (χ0v) is 16.0. The third-order valence-corrected chi connectivity index (χ3v) is 5.39. The lowest BCUT2D eigenvalue weighted by atomic mass is 9.80. The Kier molecular flexibility index (Phi) is 7.73. The molecule has 0 spiro atoms. The topological polar surface area (TPSA) is 175 Å². The number of aliphatic hydroxyl groups excluding tert-OH is 4. The molecule has 28 heavy (non-hydrogen) atoms. The number of carboxylic acids is 1. The molecule has 0 bridgehead atoms. The quantitative estimate of drug-likeness (QED) is 0.270. The summed E-state index contributed by atoms with van der Waals surface area (Å²) in [6.45, 7) is 2.40. The predicted molar refractivity (Wildman–Crippen MR) is 92.2 cm³/mol. The van der Waals surface area contributed by atoms with Gasteiger partial charge in [-0.3, -0.25) is 9.59 Å². The highest BCUT2D eigenvalue weighted by Crippen LogP contribution is 2.33. The van der Waals surface area contributed by atoms with Gasteiger partial charge in [0.05, 0.1) is 36.9 Å². The molecule has 1 saturated carbocycles. The molecule has 1 heterocycles. The number of aliphatic hydroxyl groups is 4. The smallest absolute Gasteiger partial charge is 0.309 e. The Morgan fingerprint density at radius 2 is 1.79 bits per heavy atom. The first-order chi connectivity index (χ1) is 13.1. The molecule has 10 atom stereocenters. The summed E-state index contributed by atoms with van der Waals surface area (Å²) in [6, 6.07) is -0.817. The number of rotatable bonds is 6. The van der Waals surface area contributed by atoms with Gasteiger partial charge in [-0.25, -0.2) is 0 Å². The first-order valence-electron chi connectivity index (χ1n) is 9.11. The normalized spacial score (nSPS) is 44.1. The number of amides is 1. The van der Waals surface area contributed by atoms with Crippen LogP contribution < -0.4 is 5.32 Å². The molecule has 0 aromatic carbocycles. The largest absolute Gasteiger partial charge is 0.481 e. The summed E-state index contributed by atoms with van der Waals surface area (Å²) in [7, 11) is 1.24. The number of carbonyl (C=O) groups is 2. The predicted octanol–water partition coefficient (Wildman–Crippen LogP) is -2.77. The van der Waals surface area contributed by atoms with Gasteiger partial charge in [-0.1, -0.05) is 0 Å². The van der Waals surface area contributed by atoms with Crippen molar-refractivity contribution in [3.05, 3.63) is 0 Å². The van der Waals surface area contributed by atoms with E-state index in [1.54, 1.807) is 6.92 Å². The van der Waals surface area contributed by atoms with Gasteiger partial charge in [-0.2, -0.15) is 0 Å². The lowest BCUT2D eigenvalue weighted by Gasteiger charge is -2.47. The number of ether oxygens (including phenoxy) is 3. The minimum atomic E-state index is -1.52. The van der Waals surface area contributed by atoms with Gasteiger partial charge < -0.3 is 45.1 Å². The van der Waals surface area contributed by atoms with Crippen molar-refractivity contribution in [1.29, 1.82) is 0 Å². The number of hydrogen-bond donors (Lipinski definition) is 6. The molecular formula is C17H29NO10. The highest BCUT2D eigenvalue weighted by molar-refractivity contribution is 5.73. The van der Waals surface area contributed by atoms with Crippen LogP contribution in [0.5, 0.6) is 0 Å². The molecule has 4 unspecified atom stereocenters. The zero-order chi connectivity index (χ0) is 21.2. The van der Waals surface area contributed by atoms with Crippen molar-refractivity contribution in [3.8, 4) is 0 Å². The highest BCUT2D eigenvalue weighted by Gasteiger charge is 2.51. The second kappa shape index (κ2) is 9.44. The van der Waals surface area contributed by atoms with E-state index in [0.717, 1.165) is 0 Å². The number of carboxylic acid groups (broad SMARTS) is 1. The number of hydrogen-bond acceptors (Lipinski definition) is 9. The SMILES string of the molecule is CO[C@@H]1C(C(=O)O)C[C@@H](O[C@@H]2C(NC(C)=O)[C@H](C)OC(CO)[C@H]2O)C(O)[C@H]1O. The summed E-state index contributed by atoms with van der Waals surface area (Å²) in [4.78, 5) is 23.1. The van der Waals surface area contributed by atoms with Crippen molar-refractivity contribution < 1.29 is 49.3 Å². The van der Waals surface area contributed by atoms with Gasteiger partial charge in [0.25, 0.3) is 0 Å². The molecule has 0 aromatic rings. The molecule has 11 heteroatoms. The monoisotopic (exact) mass is 407 g/mol. The third-order valence-electron chi connectivity index (χ3n) is 5.39. The molecule has 11 nitrogen and oxygen atoms in total. The first-order valence-corrected chi connectivity index (χ1v) is 9.11. The molecule has 2 fully saturated rings. The highest BCUT2D eigenvalue weighted by atomic mass is 16.6. The van der Waals surface area contributed by atoms with Crippen LogP contribution in [-0.4, -0.2) is 106 Å². The van der Waals surface area contributed by atoms with Crippen molar-refractivity contribution in [2.45, 2.75) is 75.1 Å². The lowest BCUT2D eigenvalue weighted by molar-refractivity contribution is -0.247. The van der Waals surface area contributed by atoms with Gasteiger partial charge in [0.1, 0.15) is 30.5 Å². The molecule has 0 aromatic heterocycles. The average Bonchev–Trinajstić information content (AvgIpc) is 2.63. The van der Waals surface area contributed by atoms with Crippen LogP contribution >= 0.6 is 0 Å². The van der Waals surface area contributed by atoms with Gasteiger partial charge in [-0.15, -0.1) is 0 Å². The Bertz CT molecular complexity index is 560. The minimum Gasteiger partial charge on any atom is -0.481 e. The van der Waals surface area contributed by atoms with Crippen LogP contribution in [0.3, 0.4) is 0 Å². The summed E-state index contributed by atoms with van der Waals surface area (Å²) < 4.78 is 16.4. The van der Waals surface area contributed by atoms with Gasteiger partial charge in [0.15, 0.2) is 0 Å². The van der Waals surface area contributed by atoms with Crippen molar-refractivity contribution in [3.63, 3.8) is 0 Å². The van der Waals surface area contributed by atoms with Crippen LogP contribution in [0, 0.1) is 5.92 Å². The van der Waals surface area contributed by atoms with Crippen molar-refractivity contribution in [1.82, 2.24) is 5.32 Å². The van der Waals surface area contributed by atoms with E-state index < -0.39 is 79.3 Å². The number of carbonyl (C=O) groups excluding carboxylic acids is 1. The van der Waals surface area contributed by atoms with Crippen LogP contribution in [0.2, 0.25) is 0 Å². The fraction of sp³-hybridized carbons (Fsp3) is 0.882. The molecule has 6 N–H and O–H groups in total. The van der Waals surface area contributed by atoms with Crippen molar-refractivity contribution in [2.24, 2.45) is 5.92 Å². The maximum atomic E-state index is 11.6. The van der Waals surface area contributed by atoms with Gasteiger partial charge in [0, 0.05) is 14.0 Å². The maximum absolute atomic E-state index is 11.6. The Labute approximate surface area is 162 Å². The Morgan fingerprint density at radius 1 is 1.14 bits per heavy atom. The van der Waals surface area contributed by atoms with E-state index in [4.69, 9.17) is 14.2 Å². The van der Waals surface area contributed by atoms with Crippen LogP contribution in [-0.2, 0) is 23.8 Å². The molecule has 1 saturated heterocycles. The second-order valence-corrected chi connectivity index (χ2v) is 7.28. The third kappa shape index (κ3) is 4.62. The van der Waals surface area contributed by atoms with E-state index in [0.29, 0.717) is 0 Å². The van der Waals surface area contributed by atoms with E-state index in [2.05, 4.69) is 5.32 Å². The minimum absolute atomic E-state index is 0.179. The molecule has 2 aliphatic rings. The van der Waals surface area contributed by atoms with Crippen LogP contribution in [0.15, 0.2) is 0 Å². The van der Waals surface area contributed by atoms with Crippen LogP contribution in [0.4, 0.5) is 0 Å². The summed E-state index contributed by atoms with van der Waals surface area (Å²) >= 11 is 0. The Balaban J connectivity index is 2.26. The number of aliphatic carboxylic acids is 1. The summed E-state index contributed by atoms with van der Waals surface area (Å²) in [6.07, 6.45) is -9.54.